The molecule has 0 bridgehead atoms. The second kappa shape index (κ2) is 5.44. The standard InChI is InChI=1S/C14H20N2O3S/c1-3-15-12-6-4-11(5-7-12)13(17)16-14(2)8-9-20(18,19)10-14/h4-7,15H,3,8-10H2,1-2H3,(H,16,17). The number of anilines is 1. The van der Waals surface area contributed by atoms with Crippen molar-refractivity contribution in [1.29, 1.82) is 0 Å². The van der Waals surface area contributed by atoms with Crippen LogP contribution in [-0.4, -0.2) is 37.9 Å². The SMILES string of the molecule is CCNc1ccc(C(=O)NC2(C)CCS(=O)(=O)C2)cc1. The van der Waals surface area contributed by atoms with Crippen LogP contribution in [0, 0.1) is 0 Å². The minimum absolute atomic E-state index is 0.0151. The van der Waals surface area contributed by atoms with Crippen LogP contribution in [-0.2, 0) is 9.84 Å². The van der Waals surface area contributed by atoms with Crippen LogP contribution < -0.4 is 10.6 Å². The van der Waals surface area contributed by atoms with Gasteiger partial charge in [-0.05, 0) is 44.5 Å². The van der Waals surface area contributed by atoms with E-state index in [1.807, 2.05) is 19.1 Å². The molecule has 0 spiro atoms. The zero-order chi connectivity index (χ0) is 14.8. The van der Waals surface area contributed by atoms with Crippen LogP contribution >= 0.6 is 0 Å². The number of hydrogen-bond donors (Lipinski definition) is 2. The van der Waals surface area contributed by atoms with Crippen LogP contribution in [0.15, 0.2) is 24.3 Å². The molecule has 6 heteroatoms. The van der Waals surface area contributed by atoms with Gasteiger partial charge < -0.3 is 10.6 Å². The summed E-state index contributed by atoms with van der Waals surface area (Å²) in [7, 11) is -3.02. The van der Waals surface area contributed by atoms with Gasteiger partial charge in [0.2, 0.25) is 0 Å². The number of hydrogen-bond acceptors (Lipinski definition) is 4. The summed E-state index contributed by atoms with van der Waals surface area (Å²) in [6, 6.07) is 7.15. The van der Waals surface area contributed by atoms with Gasteiger partial charge in [-0.15, -0.1) is 0 Å². The molecule has 1 saturated heterocycles. The molecule has 1 fully saturated rings. The Kier molecular flexibility index (Phi) is 4.04. The number of rotatable bonds is 4. The molecule has 0 aliphatic carbocycles. The largest absolute Gasteiger partial charge is 0.385 e. The smallest absolute Gasteiger partial charge is 0.251 e. The Labute approximate surface area is 119 Å². The third-order valence-corrected chi connectivity index (χ3v) is 5.35. The van der Waals surface area contributed by atoms with E-state index < -0.39 is 15.4 Å². The highest BCUT2D eigenvalue weighted by Gasteiger charge is 2.39. The predicted molar refractivity (Wildman–Crippen MR) is 79.7 cm³/mol. The van der Waals surface area contributed by atoms with Crippen molar-refractivity contribution in [2.75, 3.05) is 23.4 Å². The maximum atomic E-state index is 12.2. The van der Waals surface area contributed by atoms with Crippen molar-refractivity contribution in [3.8, 4) is 0 Å². The summed E-state index contributed by atoms with van der Waals surface area (Å²) < 4.78 is 23.0. The Morgan fingerprint density at radius 1 is 1.30 bits per heavy atom. The molecule has 1 atom stereocenters. The molecule has 1 aliphatic heterocycles. The van der Waals surface area contributed by atoms with E-state index in [2.05, 4.69) is 10.6 Å². The minimum atomic E-state index is -3.02. The fourth-order valence-corrected chi connectivity index (χ4v) is 4.49. The van der Waals surface area contributed by atoms with Crippen molar-refractivity contribution in [3.63, 3.8) is 0 Å². The van der Waals surface area contributed by atoms with Crippen LogP contribution in [0.4, 0.5) is 5.69 Å². The molecule has 1 heterocycles. The van der Waals surface area contributed by atoms with Crippen molar-refractivity contribution >= 4 is 21.4 Å². The van der Waals surface area contributed by atoms with E-state index in [1.165, 1.54) is 0 Å². The molecular formula is C14H20N2O3S. The predicted octanol–water partition coefficient (Wildman–Crippen LogP) is 1.43. The van der Waals surface area contributed by atoms with E-state index in [0.29, 0.717) is 12.0 Å². The van der Waals surface area contributed by atoms with Gasteiger partial charge in [-0.3, -0.25) is 4.79 Å². The number of nitrogens with one attached hydrogen (secondary N) is 2. The van der Waals surface area contributed by atoms with Crippen molar-refractivity contribution in [2.24, 2.45) is 0 Å². The maximum absolute atomic E-state index is 12.2. The normalized spacial score (nSPS) is 24.3. The first kappa shape index (κ1) is 14.8. The lowest BCUT2D eigenvalue weighted by atomic mass is 10.0. The van der Waals surface area contributed by atoms with Gasteiger partial charge in [0.1, 0.15) is 0 Å². The van der Waals surface area contributed by atoms with Gasteiger partial charge in [0, 0.05) is 17.8 Å². The van der Waals surface area contributed by atoms with Crippen molar-refractivity contribution in [3.05, 3.63) is 29.8 Å². The average molecular weight is 296 g/mol. The first-order chi connectivity index (χ1) is 9.34. The Hall–Kier alpha value is -1.56. The van der Waals surface area contributed by atoms with E-state index in [0.717, 1.165) is 12.2 Å². The van der Waals surface area contributed by atoms with Crippen LogP contribution in [0.1, 0.15) is 30.6 Å². The Balaban J connectivity index is 2.05. The topological polar surface area (TPSA) is 75.3 Å². The molecule has 2 N–H and O–H groups in total. The quantitative estimate of drug-likeness (QED) is 0.881. The molecule has 0 aromatic heterocycles. The lowest BCUT2D eigenvalue weighted by Gasteiger charge is -2.23. The molecule has 5 nitrogen and oxygen atoms in total. The highest BCUT2D eigenvalue weighted by Crippen LogP contribution is 2.23. The van der Waals surface area contributed by atoms with Crippen LogP contribution in [0.25, 0.3) is 0 Å². The molecule has 2 rings (SSSR count). The van der Waals surface area contributed by atoms with E-state index in [-0.39, 0.29) is 17.4 Å². The molecule has 0 radical (unpaired) electrons. The fraction of sp³-hybridized carbons (Fsp3) is 0.500. The molecule has 0 saturated carbocycles. The fourth-order valence-electron chi connectivity index (χ4n) is 2.40. The van der Waals surface area contributed by atoms with Crippen LogP contribution in [0.2, 0.25) is 0 Å². The van der Waals surface area contributed by atoms with E-state index in [1.54, 1.807) is 19.1 Å². The number of carbonyl (C=O) groups is 1. The lowest BCUT2D eigenvalue weighted by Crippen LogP contribution is -2.46. The van der Waals surface area contributed by atoms with Gasteiger partial charge in [-0.25, -0.2) is 8.42 Å². The number of carbonyl (C=O) groups excluding carboxylic acids is 1. The summed E-state index contributed by atoms with van der Waals surface area (Å²) in [5, 5.41) is 5.99. The van der Waals surface area contributed by atoms with E-state index in [4.69, 9.17) is 0 Å². The first-order valence-electron chi connectivity index (χ1n) is 6.70. The Bertz CT molecular complexity index is 595. The van der Waals surface area contributed by atoms with Crippen molar-refractivity contribution in [2.45, 2.75) is 25.8 Å². The lowest BCUT2D eigenvalue weighted by molar-refractivity contribution is 0.0915. The number of benzene rings is 1. The summed E-state index contributed by atoms with van der Waals surface area (Å²) in [5.74, 6) is -0.0719. The maximum Gasteiger partial charge on any atom is 0.251 e. The minimum Gasteiger partial charge on any atom is -0.385 e. The van der Waals surface area contributed by atoms with E-state index >= 15 is 0 Å². The van der Waals surface area contributed by atoms with Crippen molar-refractivity contribution in [1.82, 2.24) is 5.32 Å². The molecule has 1 aliphatic rings. The zero-order valence-corrected chi connectivity index (χ0v) is 12.6. The summed E-state index contributed by atoms with van der Waals surface area (Å²) in [6.07, 6.45) is 0.469. The van der Waals surface area contributed by atoms with E-state index in [9.17, 15) is 13.2 Å². The van der Waals surface area contributed by atoms with Gasteiger partial charge in [0.25, 0.3) is 5.91 Å². The highest BCUT2D eigenvalue weighted by molar-refractivity contribution is 7.91. The molecule has 1 aromatic rings. The van der Waals surface area contributed by atoms with Gasteiger partial charge in [0.15, 0.2) is 9.84 Å². The van der Waals surface area contributed by atoms with Crippen LogP contribution in [0.5, 0.6) is 0 Å². The number of amides is 1. The second-order valence-corrected chi connectivity index (χ2v) is 7.65. The molecule has 1 aromatic carbocycles. The average Bonchev–Trinajstić information content (AvgIpc) is 2.64. The number of sulfone groups is 1. The summed E-state index contributed by atoms with van der Waals surface area (Å²) in [6.45, 7) is 4.60. The van der Waals surface area contributed by atoms with Gasteiger partial charge >= 0.3 is 0 Å². The highest BCUT2D eigenvalue weighted by atomic mass is 32.2. The summed E-state index contributed by atoms with van der Waals surface area (Å²) >= 11 is 0. The Morgan fingerprint density at radius 2 is 1.95 bits per heavy atom. The van der Waals surface area contributed by atoms with Crippen molar-refractivity contribution < 1.29 is 13.2 Å². The monoisotopic (exact) mass is 296 g/mol. The molecule has 20 heavy (non-hydrogen) atoms. The molecular weight excluding hydrogens is 276 g/mol. The third-order valence-electron chi connectivity index (χ3n) is 3.45. The van der Waals surface area contributed by atoms with Crippen LogP contribution in [0.3, 0.4) is 0 Å². The summed E-state index contributed by atoms with van der Waals surface area (Å²) in [5.41, 5.74) is 0.840. The van der Waals surface area contributed by atoms with Gasteiger partial charge in [0.05, 0.1) is 17.0 Å². The van der Waals surface area contributed by atoms with Gasteiger partial charge in [-0.2, -0.15) is 0 Å². The van der Waals surface area contributed by atoms with Gasteiger partial charge in [-0.1, -0.05) is 0 Å². The molecule has 1 amide bonds. The first-order valence-corrected chi connectivity index (χ1v) is 8.53. The summed E-state index contributed by atoms with van der Waals surface area (Å²) in [4.78, 5) is 12.2. The third kappa shape index (κ3) is 3.50. The molecule has 110 valence electrons. The zero-order valence-electron chi connectivity index (χ0n) is 11.8. The Morgan fingerprint density at radius 3 is 2.45 bits per heavy atom. The second-order valence-electron chi connectivity index (χ2n) is 5.46. The molecule has 1 unspecified atom stereocenters.